The van der Waals surface area contributed by atoms with Crippen LogP contribution in [0.3, 0.4) is 0 Å². The zero-order valence-corrected chi connectivity index (χ0v) is 28.7. The van der Waals surface area contributed by atoms with Crippen molar-refractivity contribution in [3.63, 3.8) is 0 Å². The topological polar surface area (TPSA) is 197 Å². The summed E-state index contributed by atoms with van der Waals surface area (Å²) in [6.45, 7) is 15.0. The molecule has 2 heterocycles. The van der Waals surface area contributed by atoms with Crippen molar-refractivity contribution in [3.8, 4) is 0 Å². The number of urea groups is 1. The molecule has 0 aromatic carbocycles. The third-order valence-corrected chi connectivity index (χ3v) is 11.2. The maximum absolute atomic E-state index is 14.4. The van der Waals surface area contributed by atoms with E-state index in [1.807, 2.05) is 41.5 Å². The summed E-state index contributed by atoms with van der Waals surface area (Å²) >= 11 is 0. The number of rotatable bonds is 11. The molecule has 3 aliphatic carbocycles. The van der Waals surface area contributed by atoms with Crippen LogP contribution < -0.4 is 21.7 Å². The van der Waals surface area contributed by atoms with Crippen LogP contribution in [0.15, 0.2) is 0 Å². The second-order valence-electron chi connectivity index (χ2n) is 16.8. The van der Waals surface area contributed by atoms with Gasteiger partial charge in [0.1, 0.15) is 25.3 Å². The van der Waals surface area contributed by atoms with Crippen molar-refractivity contribution in [2.45, 2.75) is 98.8 Å². The van der Waals surface area contributed by atoms with Gasteiger partial charge in [-0.15, -0.1) is 0 Å². The van der Waals surface area contributed by atoms with Crippen molar-refractivity contribution < 1.29 is 38.3 Å². The molecule has 5 rings (SSSR count). The molecule has 7 atom stereocenters. The molecule has 0 aromatic rings. The molecule has 3 unspecified atom stereocenters. The van der Waals surface area contributed by atoms with E-state index in [-0.39, 0.29) is 42.9 Å². The van der Waals surface area contributed by atoms with Crippen LogP contribution in [0.4, 0.5) is 4.79 Å². The number of hydrogen-bond donors (Lipinski definition) is 4. The highest BCUT2D eigenvalue weighted by Crippen LogP contribution is 2.95. The van der Waals surface area contributed by atoms with E-state index in [9.17, 15) is 33.6 Å². The quantitative estimate of drug-likeness (QED) is 0.180. The smallest absolute Gasteiger partial charge is 0.315 e. The number of ketones is 1. The summed E-state index contributed by atoms with van der Waals surface area (Å²) in [7, 11) is 0. The van der Waals surface area contributed by atoms with Crippen LogP contribution >= 0.6 is 0 Å². The number of Topliss-reactive ketones (excluding diaryl/α,β-unsaturated/α-hetero) is 1. The highest BCUT2D eigenvalue weighted by atomic mass is 16.5. The summed E-state index contributed by atoms with van der Waals surface area (Å²) in [5, 5.41) is 8.52. The van der Waals surface area contributed by atoms with Crippen molar-refractivity contribution in [2.24, 2.45) is 45.1 Å². The first-order valence-electron chi connectivity index (χ1n) is 16.6. The third kappa shape index (κ3) is 6.13. The second-order valence-corrected chi connectivity index (χ2v) is 16.8. The van der Waals surface area contributed by atoms with E-state index < -0.39 is 81.8 Å². The maximum Gasteiger partial charge on any atom is 0.315 e. The molecular weight excluding hydrogens is 608 g/mol. The number of nitrogens with two attached hydrogens (primary N) is 1. The van der Waals surface area contributed by atoms with Crippen molar-refractivity contribution in [1.29, 1.82) is 0 Å². The van der Waals surface area contributed by atoms with Gasteiger partial charge in [-0.2, -0.15) is 0 Å². The number of likely N-dealkylation sites (tertiary alicyclic amines) is 1. The van der Waals surface area contributed by atoms with Gasteiger partial charge in [0.05, 0.1) is 12.1 Å². The number of hydrogen-bond acceptors (Lipinski definition) is 8. The molecule has 7 amide bonds. The number of fused-ring (bicyclic) bond motifs is 1. The number of ether oxygens (including phenoxy) is 1. The van der Waals surface area contributed by atoms with E-state index in [1.54, 1.807) is 0 Å². The SMILES string of the molecule is CC(C)(C)[C@H](NC(=O)N[C@H](CN1C(=O)COCC1=O)C(C)(C)C)C(=O)N1C[C@@H]2C3C(C)(C)C32[C@H]1C(=O)NC(CC1CC1)C(=O)C(N)=O. The molecule has 2 aliphatic heterocycles. The second kappa shape index (κ2) is 11.6. The minimum Gasteiger partial charge on any atom is -0.363 e. The Kier molecular flexibility index (Phi) is 8.55. The molecule has 5 fully saturated rings. The molecule has 0 aromatic heterocycles. The van der Waals surface area contributed by atoms with E-state index in [4.69, 9.17) is 10.5 Å². The fourth-order valence-electron chi connectivity index (χ4n) is 8.30. The lowest BCUT2D eigenvalue weighted by Gasteiger charge is -2.39. The lowest BCUT2D eigenvalue weighted by Crippen LogP contribution is -2.63. The van der Waals surface area contributed by atoms with Gasteiger partial charge >= 0.3 is 6.03 Å². The molecule has 14 heteroatoms. The fourth-order valence-corrected chi connectivity index (χ4v) is 8.30. The molecule has 14 nitrogen and oxygen atoms in total. The number of nitrogens with zero attached hydrogens (tertiary/aromatic N) is 2. The van der Waals surface area contributed by atoms with Gasteiger partial charge < -0.3 is 31.3 Å². The Bertz CT molecular complexity index is 1380. The number of morpholine rings is 1. The van der Waals surface area contributed by atoms with E-state index in [0.717, 1.165) is 17.7 Å². The van der Waals surface area contributed by atoms with Crippen molar-refractivity contribution in [2.75, 3.05) is 26.3 Å². The van der Waals surface area contributed by atoms with Gasteiger partial charge in [0.15, 0.2) is 0 Å². The Morgan fingerprint density at radius 1 is 0.936 bits per heavy atom. The highest BCUT2D eigenvalue weighted by Gasteiger charge is 2.97. The Labute approximate surface area is 275 Å². The molecule has 5 N–H and O–H groups in total. The minimum absolute atomic E-state index is 0.0623. The van der Waals surface area contributed by atoms with E-state index in [0.29, 0.717) is 13.0 Å². The summed E-state index contributed by atoms with van der Waals surface area (Å²) < 4.78 is 5.01. The predicted molar refractivity (Wildman–Crippen MR) is 168 cm³/mol. The Morgan fingerprint density at radius 2 is 1.53 bits per heavy atom. The largest absolute Gasteiger partial charge is 0.363 e. The normalized spacial score (nSPS) is 29.6. The monoisotopic (exact) mass is 658 g/mol. The van der Waals surface area contributed by atoms with Crippen molar-refractivity contribution in [3.05, 3.63) is 0 Å². The maximum atomic E-state index is 14.4. The standard InChI is InChI=1S/C33H50N6O8/c1-30(2,3)19(13-38-20(40)14-47-15-21(38)41)36-29(46)37-24(31(4,5)6)28(45)39-12-17-23-32(7,8)33(17,23)25(39)27(44)35-18(11-16-9-10-16)22(42)26(34)43/h16-19,23-25H,9-15H2,1-8H3,(H2,34,43)(H,35,44)(H2,36,37,46)/t17-,18?,19-,23?,24-,25-,33?/m1/s1. The van der Waals surface area contributed by atoms with Crippen LogP contribution in [0.1, 0.15) is 74.7 Å². The number of amides is 7. The molecule has 1 spiro atoms. The first-order chi connectivity index (χ1) is 21.6. The first kappa shape index (κ1) is 34.8. The van der Waals surface area contributed by atoms with E-state index in [2.05, 4.69) is 29.8 Å². The van der Waals surface area contributed by atoms with Gasteiger partial charge in [0, 0.05) is 18.5 Å². The van der Waals surface area contributed by atoms with Gasteiger partial charge in [-0.3, -0.25) is 33.7 Å². The molecule has 260 valence electrons. The summed E-state index contributed by atoms with van der Waals surface area (Å²) in [4.78, 5) is 94.0. The van der Waals surface area contributed by atoms with Gasteiger partial charge in [0.2, 0.25) is 17.6 Å². The minimum atomic E-state index is -1.11. The number of imide groups is 1. The Balaban J connectivity index is 1.35. The average Bonchev–Trinajstić information content (AvgIpc) is 3.90. The van der Waals surface area contributed by atoms with Crippen molar-refractivity contribution >= 4 is 41.4 Å². The number of nitrogens with one attached hydrogen (secondary N) is 3. The van der Waals surface area contributed by atoms with Crippen molar-refractivity contribution in [1.82, 2.24) is 25.8 Å². The number of primary amides is 1. The summed E-state index contributed by atoms with van der Waals surface area (Å²) in [6.07, 6.45) is 2.13. The molecule has 0 bridgehead atoms. The molecule has 0 radical (unpaired) electrons. The zero-order chi connectivity index (χ0) is 35.0. The van der Waals surface area contributed by atoms with Crippen LogP contribution in [-0.4, -0.2) is 102 Å². The molecule has 3 saturated carbocycles. The van der Waals surface area contributed by atoms with Crippen LogP contribution in [0.5, 0.6) is 0 Å². The Morgan fingerprint density at radius 3 is 2.02 bits per heavy atom. The molecular formula is C33H50N6O8. The first-order valence-corrected chi connectivity index (χ1v) is 16.6. The molecule has 2 saturated heterocycles. The van der Waals surface area contributed by atoms with E-state index >= 15 is 0 Å². The summed E-state index contributed by atoms with van der Waals surface area (Å²) in [6, 6.07) is -4.29. The predicted octanol–water partition coefficient (Wildman–Crippen LogP) is 0.323. The lowest BCUT2D eigenvalue weighted by atomic mass is 9.83. The highest BCUT2D eigenvalue weighted by molar-refractivity contribution is 6.37. The number of carbonyl (C=O) groups excluding carboxylic acids is 7. The third-order valence-electron chi connectivity index (χ3n) is 11.2. The van der Waals surface area contributed by atoms with Gasteiger partial charge in [0.25, 0.3) is 17.7 Å². The van der Waals surface area contributed by atoms with Crippen LogP contribution in [0.25, 0.3) is 0 Å². The fraction of sp³-hybridized carbons (Fsp3) is 0.788. The summed E-state index contributed by atoms with van der Waals surface area (Å²) in [5.74, 6) is -3.25. The summed E-state index contributed by atoms with van der Waals surface area (Å²) in [5.41, 5.74) is 3.35. The Hall–Kier alpha value is -3.55. The van der Waals surface area contributed by atoms with Crippen LogP contribution in [-0.2, 0) is 33.5 Å². The zero-order valence-electron chi connectivity index (χ0n) is 28.7. The average molecular weight is 659 g/mol. The van der Waals surface area contributed by atoms with Gasteiger partial charge in [-0.05, 0) is 40.4 Å². The van der Waals surface area contributed by atoms with Gasteiger partial charge in [-0.25, -0.2) is 4.79 Å². The number of carbonyl (C=O) groups is 7. The van der Waals surface area contributed by atoms with Crippen LogP contribution in [0, 0.1) is 39.4 Å². The lowest BCUT2D eigenvalue weighted by molar-refractivity contribution is -0.159. The van der Waals surface area contributed by atoms with Crippen LogP contribution in [0.2, 0.25) is 0 Å². The number of piperidine rings is 1. The van der Waals surface area contributed by atoms with E-state index in [1.165, 1.54) is 4.90 Å². The molecule has 5 aliphatic rings. The molecule has 47 heavy (non-hydrogen) atoms. The van der Waals surface area contributed by atoms with Gasteiger partial charge in [-0.1, -0.05) is 68.2 Å².